The lowest BCUT2D eigenvalue weighted by atomic mass is 9.81. The van der Waals surface area contributed by atoms with Crippen molar-refractivity contribution in [2.75, 3.05) is 45.2 Å². The third-order valence-corrected chi connectivity index (χ3v) is 6.51. The summed E-state index contributed by atoms with van der Waals surface area (Å²) in [5.41, 5.74) is 0.481. The number of para-hydroxylation sites is 2. The molecule has 0 unspecified atom stereocenters. The van der Waals surface area contributed by atoms with Crippen LogP contribution in [-0.4, -0.2) is 67.6 Å². The summed E-state index contributed by atoms with van der Waals surface area (Å²) in [6.07, 6.45) is 4.79. The highest BCUT2D eigenvalue weighted by Gasteiger charge is 2.41. The number of piperazine rings is 1. The molecular weight excluding hydrogens is 352 g/mol. The first kappa shape index (κ1) is 20.5. The van der Waals surface area contributed by atoms with E-state index in [1.807, 2.05) is 32.2 Å². The van der Waals surface area contributed by atoms with Gasteiger partial charge in [-0.3, -0.25) is 9.69 Å². The molecule has 28 heavy (non-hydrogen) atoms. The highest BCUT2D eigenvalue weighted by Crippen LogP contribution is 2.33. The van der Waals surface area contributed by atoms with Gasteiger partial charge < -0.3 is 14.5 Å². The van der Waals surface area contributed by atoms with Gasteiger partial charge in [0.2, 0.25) is 5.91 Å². The van der Waals surface area contributed by atoms with Crippen molar-refractivity contribution in [1.82, 2.24) is 9.80 Å². The number of benzene rings is 1. The minimum atomic E-state index is -0.622. The second-order valence-electron chi connectivity index (χ2n) is 7.97. The van der Waals surface area contributed by atoms with E-state index >= 15 is 0 Å². The van der Waals surface area contributed by atoms with E-state index in [0.717, 1.165) is 69.7 Å². The van der Waals surface area contributed by atoms with Gasteiger partial charge >= 0.3 is 0 Å². The summed E-state index contributed by atoms with van der Waals surface area (Å²) in [6.45, 7) is 5.32. The third-order valence-electron chi connectivity index (χ3n) is 6.51. The Morgan fingerprint density at radius 3 is 2.43 bits per heavy atom. The summed E-state index contributed by atoms with van der Waals surface area (Å²) in [7, 11) is 3.51. The van der Waals surface area contributed by atoms with Crippen molar-refractivity contribution >= 4 is 11.6 Å². The predicted octanol–water partition coefficient (Wildman–Crippen LogP) is 2.89. The topological polar surface area (TPSA) is 59.8 Å². The van der Waals surface area contributed by atoms with E-state index in [2.05, 4.69) is 21.9 Å². The molecule has 1 saturated heterocycles. The Balaban J connectivity index is 1.62. The van der Waals surface area contributed by atoms with Crippen LogP contribution in [0.1, 0.15) is 39.0 Å². The number of nitrogens with zero attached hydrogens (tertiary/aromatic N) is 4. The van der Waals surface area contributed by atoms with Gasteiger partial charge in [0, 0.05) is 33.2 Å². The van der Waals surface area contributed by atoms with Crippen LogP contribution in [0.15, 0.2) is 24.3 Å². The van der Waals surface area contributed by atoms with Crippen LogP contribution in [0.5, 0.6) is 5.75 Å². The maximum Gasteiger partial charge on any atom is 0.240 e. The normalized spacial score (nSPS) is 20.9. The van der Waals surface area contributed by atoms with Gasteiger partial charge in [0.1, 0.15) is 11.3 Å². The second kappa shape index (κ2) is 8.83. The number of ether oxygens (including phenoxy) is 1. The minimum absolute atomic E-state index is 0.0641. The molecule has 2 aliphatic rings. The van der Waals surface area contributed by atoms with Gasteiger partial charge in [-0.05, 0) is 31.9 Å². The first-order valence-corrected chi connectivity index (χ1v) is 10.3. The molecule has 0 spiro atoms. The van der Waals surface area contributed by atoms with Crippen molar-refractivity contribution in [3.8, 4) is 11.8 Å². The van der Waals surface area contributed by atoms with Gasteiger partial charge in [0.25, 0.3) is 0 Å². The molecule has 3 rings (SSSR count). The number of methoxy groups -OCH3 is 1. The molecule has 0 radical (unpaired) electrons. The van der Waals surface area contributed by atoms with Gasteiger partial charge in [-0.2, -0.15) is 5.26 Å². The Labute approximate surface area is 168 Å². The highest BCUT2D eigenvalue weighted by atomic mass is 16.5. The Hall–Kier alpha value is -2.26. The summed E-state index contributed by atoms with van der Waals surface area (Å²) in [5, 5.41) is 9.79. The molecular formula is C22H32N4O2. The van der Waals surface area contributed by atoms with Gasteiger partial charge in [-0.1, -0.05) is 31.4 Å². The summed E-state index contributed by atoms with van der Waals surface area (Å²) in [5.74, 6) is 0.947. The van der Waals surface area contributed by atoms with Crippen molar-refractivity contribution < 1.29 is 9.53 Å². The SMILES string of the molecule is COc1ccccc1N1CCN([C@@H](C)C(=O)N(C)C2(C#N)CCCCC2)CC1. The van der Waals surface area contributed by atoms with Crippen LogP contribution in [0.3, 0.4) is 0 Å². The molecule has 1 aliphatic carbocycles. The van der Waals surface area contributed by atoms with Crippen LogP contribution in [-0.2, 0) is 4.79 Å². The quantitative estimate of drug-likeness (QED) is 0.781. The van der Waals surface area contributed by atoms with Crippen molar-refractivity contribution in [2.45, 2.75) is 50.6 Å². The largest absolute Gasteiger partial charge is 0.495 e. The Bertz CT molecular complexity index is 715. The molecule has 6 nitrogen and oxygen atoms in total. The van der Waals surface area contributed by atoms with Crippen LogP contribution < -0.4 is 9.64 Å². The maximum atomic E-state index is 13.2. The zero-order valence-electron chi connectivity index (χ0n) is 17.4. The van der Waals surface area contributed by atoms with Gasteiger partial charge in [0.15, 0.2) is 0 Å². The molecule has 6 heteroatoms. The Morgan fingerprint density at radius 1 is 1.18 bits per heavy atom. The fourth-order valence-electron chi connectivity index (χ4n) is 4.55. The number of rotatable bonds is 5. The van der Waals surface area contributed by atoms with Crippen LogP contribution >= 0.6 is 0 Å². The lowest BCUT2D eigenvalue weighted by molar-refractivity contribution is -0.140. The first-order valence-electron chi connectivity index (χ1n) is 10.3. The van der Waals surface area contributed by atoms with Crippen LogP contribution in [0.2, 0.25) is 0 Å². The fraction of sp³-hybridized carbons (Fsp3) is 0.636. The van der Waals surface area contributed by atoms with Gasteiger partial charge in [-0.25, -0.2) is 0 Å². The summed E-state index contributed by atoms with van der Waals surface area (Å²) in [6, 6.07) is 10.3. The average Bonchev–Trinajstić information content (AvgIpc) is 2.78. The number of carbonyl (C=O) groups excluding carboxylic acids is 1. The van der Waals surface area contributed by atoms with E-state index in [-0.39, 0.29) is 11.9 Å². The molecule has 1 amide bonds. The van der Waals surface area contributed by atoms with Crippen molar-refractivity contribution in [3.63, 3.8) is 0 Å². The number of hydrogen-bond donors (Lipinski definition) is 0. The van der Waals surface area contributed by atoms with Crippen LogP contribution in [0, 0.1) is 11.3 Å². The zero-order chi connectivity index (χ0) is 20.1. The van der Waals surface area contributed by atoms with Crippen molar-refractivity contribution in [2.24, 2.45) is 0 Å². The molecule has 1 heterocycles. The average molecular weight is 385 g/mol. The summed E-state index contributed by atoms with van der Waals surface area (Å²) < 4.78 is 5.49. The molecule has 2 fully saturated rings. The summed E-state index contributed by atoms with van der Waals surface area (Å²) >= 11 is 0. The zero-order valence-corrected chi connectivity index (χ0v) is 17.4. The third kappa shape index (κ3) is 3.95. The standard InChI is InChI=1S/C22H32N4O2/c1-18(21(27)24(2)22(17-23)11-7-4-8-12-22)25-13-15-26(16-14-25)19-9-5-6-10-20(19)28-3/h5-6,9-10,18H,4,7-8,11-16H2,1-3H3/t18-/m0/s1. The molecule has 1 atom stereocenters. The Kier molecular flexibility index (Phi) is 6.46. The van der Waals surface area contributed by atoms with Crippen LogP contribution in [0.4, 0.5) is 5.69 Å². The van der Waals surface area contributed by atoms with E-state index in [1.54, 1.807) is 12.0 Å². The second-order valence-corrected chi connectivity index (χ2v) is 7.97. The molecule has 0 bridgehead atoms. The van der Waals surface area contributed by atoms with E-state index < -0.39 is 5.54 Å². The highest BCUT2D eigenvalue weighted by molar-refractivity contribution is 5.82. The van der Waals surface area contributed by atoms with E-state index in [0.29, 0.717) is 0 Å². The molecule has 1 saturated carbocycles. The van der Waals surface area contributed by atoms with E-state index in [4.69, 9.17) is 4.74 Å². The molecule has 1 aliphatic heterocycles. The number of nitriles is 1. The molecule has 152 valence electrons. The van der Waals surface area contributed by atoms with Crippen molar-refractivity contribution in [3.05, 3.63) is 24.3 Å². The monoisotopic (exact) mass is 384 g/mol. The van der Waals surface area contributed by atoms with Crippen LogP contribution in [0.25, 0.3) is 0 Å². The smallest absolute Gasteiger partial charge is 0.240 e. The maximum absolute atomic E-state index is 13.2. The molecule has 1 aromatic rings. The van der Waals surface area contributed by atoms with Gasteiger partial charge in [-0.15, -0.1) is 0 Å². The number of carbonyl (C=O) groups is 1. The van der Waals surface area contributed by atoms with E-state index in [9.17, 15) is 10.1 Å². The van der Waals surface area contributed by atoms with E-state index in [1.165, 1.54) is 0 Å². The lowest BCUT2D eigenvalue weighted by Crippen LogP contribution is -2.58. The number of likely N-dealkylation sites (N-methyl/N-ethyl adjacent to an activating group) is 1. The summed E-state index contributed by atoms with van der Waals surface area (Å²) in [4.78, 5) is 19.4. The lowest BCUT2D eigenvalue weighted by Gasteiger charge is -2.43. The Morgan fingerprint density at radius 2 is 1.82 bits per heavy atom. The fourth-order valence-corrected chi connectivity index (χ4v) is 4.55. The first-order chi connectivity index (χ1) is 13.5. The number of hydrogen-bond acceptors (Lipinski definition) is 5. The molecule has 0 N–H and O–H groups in total. The molecule has 0 aromatic heterocycles. The minimum Gasteiger partial charge on any atom is -0.495 e. The molecule has 1 aromatic carbocycles. The number of amides is 1. The number of anilines is 1. The van der Waals surface area contributed by atoms with Gasteiger partial charge in [0.05, 0.1) is 24.9 Å². The predicted molar refractivity (Wildman–Crippen MR) is 110 cm³/mol. The van der Waals surface area contributed by atoms with Crippen molar-refractivity contribution in [1.29, 1.82) is 5.26 Å².